The van der Waals surface area contributed by atoms with Gasteiger partial charge in [0.15, 0.2) is 0 Å². The molecule has 0 saturated heterocycles. The Morgan fingerprint density at radius 2 is 1.20 bits per heavy atom. The molecule has 1 aliphatic rings. The molecular formula is C41H72O8. The summed E-state index contributed by atoms with van der Waals surface area (Å²) in [5.74, 6) is -1.33. The van der Waals surface area contributed by atoms with Crippen LogP contribution in [0, 0.1) is 11.8 Å². The van der Waals surface area contributed by atoms with Crippen LogP contribution in [0.3, 0.4) is 0 Å². The van der Waals surface area contributed by atoms with Crippen LogP contribution >= 0.6 is 0 Å². The third-order valence-corrected chi connectivity index (χ3v) is 9.56. The van der Waals surface area contributed by atoms with Crippen LogP contribution in [-0.2, 0) is 23.9 Å². The molecule has 0 heterocycles. The predicted octanol–water partition coefficient (Wildman–Crippen LogP) is 8.88. The number of unbranched alkanes of at least 4 members (excludes halogenated alkanes) is 17. The third kappa shape index (κ3) is 24.7. The molecule has 0 aromatic carbocycles. The molecule has 8 nitrogen and oxygen atoms in total. The summed E-state index contributed by atoms with van der Waals surface area (Å²) in [5.41, 5.74) is 0. The Morgan fingerprint density at radius 3 is 1.76 bits per heavy atom. The van der Waals surface area contributed by atoms with E-state index in [0.29, 0.717) is 32.1 Å². The number of ketones is 1. The topological polar surface area (TPSA) is 130 Å². The van der Waals surface area contributed by atoms with Crippen LogP contribution in [0.25, 0.3) is 0 Å². The molecule has 0 unspecified atom stereocenters. The Bertz CT molecular complexity index is 900. The predicted molar refractivity (Wildman–Crippen MR) is 197 cm³/mol. The maximum atomic E-state index is 12.4. The van der Waals surface area contributed by atoms with E-state index in [-0.39, 0.29) is 49.6 Å². The van der Waals surface area contributed by atoms with E-state index >= 15 is 0 Å². The normalized spacial score (nSPS) is 19.2. The van der Waals surface area contributed by atoms with Crippen LogP contribution in [0.4, 0.5) is 0 Å². The molecule has 0 radical (unpaired) electrons. The summed E-state index contributed by atoms with van der Waals surface area (Å²) in [7, 11) is 0. The van der Waals surface area contributed by atoms with Crippen LogP contribution < -0.4 is 0 Å². The lowest BCUT2D eigenvalue weighted by atomic mass is 9.90. The molecule has 49 heavy (non-hydrogen) atoms. The van der Waals surface area contributed by atoms with Gasteiger partial charge in [-0.15, -0.1) is 0 Å². The highest BCUT2D eigenvalue weighted by molar-refractivity contribution is 5.84. The second-order valence-corrected chi connectivity index (χ2v) is 14.2. The lowest BCUT2D eigenvalue weighted by Crippen LogP contribution is -2.25. The van der Waals surface area contributed by atoms with E-state index in [2.05, 4.69) is 13.8 Å². The van der Waals surface area contributed by atoms with Crippen molar-refractivity contribution >= 4 is 17.7 Å². The summed E-state index contributed by atoms with van der Waals surface area (Å²) in [6.07, 6.45) is 30.2. The fourth-order valence-electron chi connectivity index (χ4n) is 6.42. The minimum absolute atomic E-state index is 0.0325. The van der Waals surface area contributed by atoms with Crippen molar-refractivity contribution in [2.75, 3.05) is 13.2 Å². The molecule has 0 aliphatic heterocycles. The van der Waals surface area contributed by atoms with Crippen molar-refractivity contribution in [1.29, 1.82) is 0 Å². The van der Waals surface area contributed by atoms with Gasteiger partial charge in [0.05, 0.1) is 12.2 Å². The Labute approximate surface area is 298 Å². The highest BCUT2D eigenvalue weighted by Crippen LogP contribution is 2.33. The smallest absolute Gasteiger partial charge is 0.305 e. The molecule has 3 N–H and O–H groups in total. The van der Waals surface area contributed by atoms with E-state index in [4.69, 9.17) is 9.47 Å². The number of aliphatic hydroxyl groups is 3. The molecule has 0 aromatic heterocycles. The molecule has 1 saturated carbocycles. The van der Waals surface area contributed by atoms with Gasteiger partial charge in [0, 0.05) is 31.1 Å². The zero-order chi connectivity index (χ0) is 36.0. The molecule has 1 aliphatic carbocycles. The number of allylic oxidation sites excluding steroid dienone is 2. The van der Waals surface area contributed by atoms with Crippen molar-refractivity contribution < 1.29 is 39.2 Å². The highest BCUT2D eigenvalue weighted by atomic mass is 16.6. The van der Waals surface area contributed by atoms with E-state index in [1.54, 1.807) is 12.2 Å². The van der Waals surface area contributed by atoms with E-state index in [0.717, 1.165) is 38.5 Å². The van der Waals surface area contributed by atoms with Crippen molar-refractivity contribution in [3.05, 3.63) is 24.3 Å². The number of carbonyl (C=O) groups excluding carboxylic acids is 3. The molecule has 1 rings (SSSR count). The number of carbonyl (C=O) groups is 3. The van der Waals surface area contributed by atoms with Crippen LogP contribution in [0.1, 0.15) is 174 Å². The maximum absolute atomic E-state index is 12.4. The summed E-state index contributed by atoms with van der Waals surface area (Å²) in [6, 6.07) is 0. The van der Waals surface area contributed by atoms with Crippen LogP contribution in [0.5, 0.6) is 0 Å². The van der Waals surface area contributed by atoms with Crippen molar-refractivity contribution in [1.82, 2.24) is 0 Å². The van der Waals surface area contributed by atoms with Crippen molar-refractivity contribution in [3.8, 4) is 0 Å². The number of Topliss-reactive ketones (excluding diaryl/α,β-unsaturated/α-hetero) is 1. The highest BCUT2D eigenvalue weighted by Gasteiger charge is 2.39. The number of hydrogen-bond donors (Lipinski definition) is 3. The molecule has 284 valence electrons. The number of rotatable bonds is 32. The Balaban J connectivity index is 2.04. The quantitative estimate of drug-likeness (QED) is 0.0362. The monoisotopic (exact) mass is 693 g/mol. The zero-order valence-electron chi connectivity index (χ0n) is 31.2. The van der Waals surface area contributed by atoms with Crippen molar-refractivity contribution in [2.24, 2.45) is 11.8 Å². The fraction of sp³-hybridized carbons (Fsp3) is 0.829. The first-order valence-corrected chi connectivity index (χ1v) is 20.0. The van der Waals surface area contributed by atoms with Gasteiger partial charge in [-0.3, -0.25) is 14.4 Å². The molecular weight excluding hydrogens is 620 g/mol. The molecule has 0 spiro atoms. The maximum Gasteiger partial charge on any atom is 0.305 e. The standard InChI is InChI=1S/C41H72O8/c1-3-5-7-8-9-10-11-12-13-14-15-16-17-18-23-27-40(46)48-32-35(43)33-49-41(47)28-24-20-19-22-26-36-37(39(45)31-38(36)44)30-29-34(42)25-21-6-4-2/h19,22,29-30,34-37,39,42-43,45H,3-18,20-21,23-28,31-33H2,1-2H3/b22-19-,30-29+/t34-,35-,36+,37+,39+/m0/s1. The van der Waals surface area contributed by atoms with Crippen LogP contribution in [-0.4, -0.2) is 64.6 Å². The summed E-state index contributed by atoms with van der Waals surface area (Å²) in [6.45, 7) is 3.98. The zero-order valence-corrected chi connectivity index (χ0v) is 31.2. The van der Waals surface area contributed by atoms with Gasteiger partial charge in [0.25, 0.3) is 0 Å². The Hall–Kier alpha value is -2.03. The Kier molecular flexibility index (Phi) is 28.2. The van der Waals surface area contributed by atoms with Gasteiger partial charge in [0.2, 0.25) is 0 Å². The van der Waals surface area contributed by atoms with E-state index < -0.39 is 24.3 Å². The minimum atomic E-state index is -1.05. The van der Waals surface area contributed by atoms with Gasteiger partial charge in [-0.1, -0.05) is 147 Å². The van der Waals surface area contributed by atoms with E-state index in [1.807, 2.05) is 12.2 Å². The van der Waals surface area contributed by atoms with Crippen LogP contribution in [0.15, 0.2) is 24.3 Å². The van der Waals surface area contributed by atoms with E-state index in [1.165, 1.54) is 77.0 Å². The molecule has 0 aromatic rings. The average molecular weight is 693 g/mol. The van der Waals surface area contributed by atoms with Gasteiger partial charge in [-0.2, -0.15) is 0 Å². The second kappa shape index (κ2) is 30.8. The first-order valence-electron chi connectivity index (χ1n) is 20.0. The SMILES string of the molecule is CCCCCCCCCCCCCCCCCC(=O)OC[C@H](O)COC(=O)CCC/C=C\C[C@H]1C(=O)C[C@@H](O)[C@@H]1/C=C/[C@@H](O)CCCCC. The molecule has 8 heteroatoms. The largest absolute Gasteiger partial charge is 0.463 e. The van der Waals surface area contributed by atoms with Crippen molar-refractivity contribution in [3.63, 3.8) is 0 Å². The Morgan fingerprint density at radius 1 is 0.714 bits per heavy atom. The summed E-state index contributed by atoms with van der Waals surface area (Å²) < 4.78 is 10.3. The second-order valence-electron chi connectivity index (χ2n) is 14.2. The fourth-order valence-corrected chi connectivity index (χ4v) is 6.42. The number of aliphatic hydroxyl groups excluding tert-OH is 3. The van der Waals surface area contributed by atoms with Crippen LogP contribution in [0.2, 0.25) is 0 Å². The molecule has 5 atom stereocenters. The minimum Gasteiger partial charge on any atom is -0.463 e. The lowest BCUT2D eigenvalue weighted by Gasteiger charge is -2.16. The van der Waals surface area contributed by atoms with E-state index in [9.17, 15) is 29.7 Å². The first kappa shape index (κ1) is 45.0. The summed E-state index contributed by atoms with van der Waals surface area (Å²) in [4.78, 5) is 36.5. The van der Waals surface area contributed by atoms with Gasteiger partial charge in [-0.05, 0) is 32.1 Å². The van der Waals surface area contributed by atoms with Gasteiger partial charge >= 0.3 is 11.9 Å². The molecule has 1 fully saturated rings. The lowest BCUT2D eigenvalue weighted by molar-refractivity contribution is -0.152. The average Bonchev–Trinajstić information content (AvgIpc) is 3.35. The van der Waals surface area contributed by atoms with Gasteiger partial charge < -0.3 is 24.8 Å². The van der Waals surface area contributed by atoms with Crippen molar-refractivity contribution in [2.45, 2.75) is 193 Å². The number of ether oxygens (including phenoxy) is 2. The first-order chi connectivity index (χ1) is 23.8. The van der Waals surface area contributed by atoms with Gasteiger partial charge in [0.1, 0.15) is 25.1 Å². The van der Waals surface area contributed by atoms with Gasteiger partial charge in [-0.25, -0.2) is 0 Å². The number of hydrogen-bond acceptors (Lipinski definition) is 8. The summed E-state index contributed by atoms with van der Waals surface area (Å²) >= 11 is 0. The molecule has 0 bridgehead atoms. The molecule has 0 amide bonds. The third-order valence-electron chi connectivity index (χ3n) is 9.56. The number of esters is 2. The summed E-state index contributed by atoms with van der Waals surface area (Å²) in [5, 5.41) is 30.6.